The van der Waals surface area contributed by atoms with Gasteiger partial charge in [0.05, 0.1) is 29.3 Å². The van der Waals surface area contributed by atoms with Gasteiger partial charge in [0.15, 0.2) is 0 Å². The largest absolute Gasteiger partial charge is 0.495 e. The second-order valence-corrected chi connectivity index (χ2v) is 6.22. The van der Waals surface area contributed by atoms with Gasteiger partial charge in [-0.05, 0) is 24.0 Å². The van der Waals surface area contributed by atoms with Crippen LogP contribution in [0, 0.1) is 16.0 Å². The molecule has 0 unspecified atom stereocenters. The van der Waals surface area contributed by atoms with E-state index in [1.807, 2.05) is 24.3 Å². The Balaban J connectivity index is 1.86. The zero-order valence-electron chi connectivity index (χ0n) is 13.3. The number of hydrogen-bond donors (Lipinski definition) is 1. The standard InChI is InChI=1S/C19H18N2O3/c1-24-17-11-5-9-14-12-7-4-8-13(12)18(20-19(14)17)15-6-2-3-10-16(15)21(22)23/h2-7,9-13,18,20H,8H2,1H3/t12-,13+,18+/m0/s1. The van der Waals surface area contributed by atoms with Crippen molar-refractivity contribution >= 4 is 11.4 Å². The normalized spacial score (nSPS) is 24.0. The molecule has 0 bridgehead atoms. The van der Waals surface area contributed by atoms with Crippen LogP contribution >= 0.6 is 0 Å². The first kappa shape index (κ1) is 14.8. The minimum absolute atomic E-state index is 0.115. The average molecular weight is 322 g/mol. The number of allylic oxidation sites excluding steroid dienone is 2. The molecular weight excluding hydrogens is 304 g/mol. The second-order valence-electron chi connectivity index (χ2n) is 6.22. The molecule has 0 saturated heterocycles. The maximum atomic E-state index is 11.5. The lowest BCUT2D eigenvalue weighted by Crippen LogP contribution is -2.29. The maximum absolute atomic E-state index is 11.5. The summed E-state index contributed by atoms with van der Waals surface area (Å²) in [5.41, 5.74) is 3.04. The molecule has 2 aromatic carbocycles. The van der Waals surface area contributed by atoms with Gasteiger partial charge in [-0.15, -0.1) is 0 Å². The number of nitro groups is 1. The van der Waals surface area contributed by atoms with Gasteiger partial charge in [0, 0.05) is 12.0 Å². The van der Waals surface area contributed by atoms with Crippen LogP contribution < -0.4 is 10.1 Å². The smallest absolute Gasteiger partial charge is 0.274 e. The molecule has 3 atom stereocenters. The van der Waals surface area contributed by atoms with Crippen molar-refractivity contribution in [2.75, 3.05) is 12.4 Å². The minimum Gasteiger partial charge on any atom is -0.495 e. The van der Waals surface area contributed by atoms with Crippen LogP contribution in [0.5, 0.6) is 5.75 Å². The Morgan fingerprint density at radius 2 is 1.96 bits per heavy atom. The third-order valence-electron chi connectivity index (χ3n) is 5.05. The van der Waals surface area contributed by atoms with Crippen LogP contribution in [0.15, 0.2) is 54.6 Å². The number of rotatable bonds is 3. The van der Waals surface area contributed by atoms with Crippen LogP contribution in [0.1, 0.15) is 29.5 Å². The number of para-hydroxylation sites is 2. The van der Waals surface area contributed by atoms with E-state index in [9.17, 15) is 10.1 Å². The third-order valence-corrected chi connectivity index (χ3v) is 5.05. The number of nitrogens with one attached hydrogen (secondary N) is 1. The van der Waals surface area contributed by atoms with E-state index in [0.29, 0.717) is 0 Å². The summed E-state index contributed by atoms with van der Waals surface area (Å²) in [6, 6.07) is 12.9. The third kappa shape index (κ3) is 2.16. The molecule has 5 nitrogen and oxygen atoms in total. The molecule has 0 radical (unpaired) electrons. The van der Waals surface area contributed by atoms with Gasteiger partial charge >= 0.3 is 0 Å². The zero-order valence-corrected chi connectivity index (χ0v) is 13.3. The highest BCUT2D eigenvalue weighted by molar-refractivity contribution is 5.68. The first-order valence-corrected chi connectivity index (χ1v) is 8.04. The van der Waals surface area contributed by atoms with Crippen LogP contribution in [-0.4, -0.2) is 12.0 Å². The van der Waals surface area contributed by atoms with Crippen LogP contribution in [0.25, 0.3) is 0 Å². The van der Waals surface area contributed by atoms with Crippen LogP contribution in [0.3, 0.4) is 0 Å². The van der Waals surface area contributed by atoms with Gasteiger partial charge in [-0.25, -0.2) is 0 Å². The number of fused-ring (bicyclic) bond motifs is 3. The number of hydrogen-bond acceptors (Lipinski definition) is 4. The molecule has 0 fully saturated rings. The Morgan fingerprint density at radius 3 is 2.75 bits per heavy atom. The molecule has 2 aromatic rings. The van der Waals surface area contributed by atoms with Gasteiger partial charge in [0.25, 0.3) is 5.69 Å². The van der Waals surface area contributed by atoms with Crippen molar-refractivity contribution in [3.63, 3.8) is 0 Å². The molecule has 5 heteroatoms. The molecule has 1 aliphatic carbocycles. The summed E-state index contributed by atoms with van der Waals surface area (Å²) >= 11 is 0. The maximum Gasteiger partial charge on any atom is 0.274 e. The number of anilines is 1. The number of methoxy groups -OCH3 is 1. The Labute approximate surface area is 140 Å². The molecule has 0 saturated carbocycles. The van der Waals surface area contributed by atoms with Crippen molar-refractivity contribution in [2.24, 2.45) is 5.92 Å². The molecular formula is C19H18N2O3. The number of nitro benzene ring substituents is 1. The molecule has 122 valence electrons. The molecule has 0 amide bonds. The van der Waals surface area contributed by atoms with Gasteiger partial charge in [0.2, 0.25) is 0 Å². The molecule has 1 N–H and O–H groups in total. The number of benzene rings is 2. The summed E-state index contributed by atoms with van der Waals surface area (Å²) in [5.74, 6) is 1.29. The van der Waals surface area contributed by atoms with E-state index in [0.717, 1.165) is 23.4 Å². The van der Waals surface area contributed by atoms with Crippen LogP contribution in [0.4, 0.5) is 11.4 Å². The summed E-state index contributed by atoms with van der Waals surface area (Å²) < 4.78 is 5.50. The highest BCUT2D eigenvalue weighted by atomic mass is 16.6. The highest BCUT2D eigenvalue weighted by Crippen LogP contribution is 2.53. The van der Waals surface area contributed by atoms with Crippen LogP contribution in [0.2, 0.25) is 0 Å². The number of nitrogens with zero attached hydrogens (tertiary/aromatic N) is 1. The van der Waals surface area contributed by atoms with Crippen molar-refractivity contribution in [3.8, 4) is 5.75 Å². The summed E-state index contributed by atoms with van der Waals surface area (Å²) in [5, 5.41) is 15.0. The van der Waals surface area contributed by atoms with Gasteiger partial charge in [0.1, 0.15) is 5.75 Å². The lowest BCUT2D eigenvalue weighted by atomic mass is 9.76. The summed E-state index contributed by atoms with van der Waals surface area (Å²) in [6.07, 6.45) is 5.30. The lowest BCUT2D eigenvalue weighted by Gasteiger charge is -2.37. The van der Waals surface area contributed by atoms with E-state index < -0.39 is 0 Å². The summed E-state index contributed by atoms with van der Waals surface area (Å²) in [7, 11) is 1.65. The molecule has 1 aliphatic heterocycles. The van der Waals surface area contributed by atoms with Crippen molar-refractivity contribution in [1.29, 1.82) is 0 Å². The van der Waals surface area contributed by atoms with E-state index in [1.54, 1.807) is 19.2 Å². The first-order valence-electron chi connectivity index (χ1n) is 8.04. The molecule has 24 heavy (non-hydrogen) atoms. The van der Waals surface area contributed by atoms with E-state index in [-0.39, 0.29) is 28.5 Å². The van der Waals surface area contributed by atoms with Crippen molar-refractivity contribution in [2.45, 2.75) is 18.4 Å². The monoisotopic (exact) mass is 322 g/mol. The average Bonchev–Trinajstić information content (AvgIpc) is 3.10. The summed E-state index contributed by atoms with van der Waals surface area (Å²) in [4.78, 5) is 11.2. The van der Waals surface area contributed by atoms with Crippen LogP contribution in [-0.2, 0) is 0 Å². The molecule has 4 rings (SSSR count). The zero-order chi connectivity index (χ0) is 16.7. The second kappa shape index (κ2) is 5.67. The Hall–Kier alpha value is -2.82. The van der Waals surface area contributed by atoms with Crippen molar-refractivity contribution in [1.82, 2.24) is 0 Å². The van der Waals surface area contributed by atoms with Gasteiger partial charge in [-0.1, -0.05) is 42.5 Å². The Kier molecular flexibility index (Phi) is 3.49. The number of ether oxygens (including phenoxy) is 1. The topological polar surface area (TPSA) is 64.4 Å². The fourth-order valence-corrected chi connectivity index (χ4v) is 3.99. The van der Waals surface area contributed by atoms with Crippen molar-refractivity contribution in [3.05, 3.63) is 75.9 Å². The molecule has 0 spiro atoms. The molecule has 1 heterocycles. The quantitative estimate of drug-likeness (QED) is 0.516. The van der Waals surface area contributed by atoms with Gasteiger partial charge < -0.3 is 10.1 Å². The fraction of sp³-hybridized carbons (Fsp3) is 0.263. The SMILES string of the molecule is COc1cccc2c1N[C@@H](c1ccccc1[N+](=O)[O-])[C@@H]1CC=C[C@H]21. The fourth-order valence-electron chi connectivity index (χ4n) is 3.99. The van der Waals surface area contributed by atoms with E-state index in [1.165, 1.54) is 5.56 Å². The molecule has 0 aromatic heterocycles. The predicted molar refractivity (Wildman–Crippen MR) is 92.4 cm³/mol. The van der Waals surface area contributed by atoms with Gasteiger partial charge in [-0.3, -0.25) is 10.1 Å². The summed E-state index contributed by atoms with van der Waals surface area (Å²) in [6.45, 7) is 0. The minimum atomic E-state index is -0.299. The predicted octanol–water partition coefficient (Wildman–Crippen LogP) is 4.43. The van der Waals surface area contributed by atoms with E-state index in [4.69, 9.17) is 4.74 Å². The Bertz CT molecular complexity index is 831. The Morgan fingerprint density at radius 1 is 1.17 bits per heavy atom. The first-order chi connectivity index (χ1) is 11.7. The highest BCUT2D eigenvalue weighted by Gasteiger charge is 2.41. The molecule has 2 aliphatic rings. The lowest BCUT2D eigenvalue weighted by molar-refractivity contribution is -0.385. The van der Waals surface area contributed by atoms with E-state index in [2.05, 4.69) is 23.5 Å². The van der Waals surface area contributed by atoms with Crippen molar-refractivity contribution < 1.29 is 9.66 Å². The van der Waals surface area contributed by atoms with Gasteiger partial charge in [-0.2, -0.15) is 0 Å². The van der Waals surface area contributed by atoms with E-state index >= 15 is 0 Å².